The number of aromatic nitrogens is 2. The van der Waals surface area contributed by atoms with Gasteiger partial charge in [0.25, 0.3) is 15.6 Å². The molecule has 0 amide bonds. The van der Waals surface area contributed by atoms with Crippen LogP contribution in [0.1, 0.15) is 0 Å². The first-order valence-corrected chi connectivity index (χ1v) is 6.19. The van der Waals surface area contributed by atoms with Crippen molar-refractivity contribution < 1.29 is 12.8 Å². The molecule has 8 heteroatoms. The van der Waals surface area contributed by atoms with Gasteiger partial charge in [-0.15, -0.1) is 0 Å². The van der Waals surface area contributed by atoms with Crippen molar-refractivity contribution in [1.82, 2.24) is 8.96 Å². The maximum Gasteiger partial charge on any atom is 0.342 e. The maximum absolute atomic E-state index is 13.0. The molecule has 0 spiro atoms. The molecular weight excluding hydrogens is 263 g/mol. The van der Waals surface area contributed by atoms with E-state index in [2.05, 4.69) is 0 Å². The Labute approximate surface area is 100 Å². The predicted molar refractivity (Wildman–Crippen MR) is 60.3 cm³/mol. The van der Waals surface area contributed by atoms with Crippen LogP contribution in [0.25, 0.3) is 0 Å². The number of H-pyrrole nitrogens is 1. The van der Waals surface area contributed by atoms with E-state index in [4.69, 9.17) is 0 Å². The third-order valence-electron chi connectivity index (χ3n) is 2.17. The van der Waals surface area contributed by atoms with Crippen LogP contribution in [0.15, 0.2) is 51.0 Å². The van der Waals surface area contributed by atoms with Gasteiger partial charge in [-0.05, 0) is 12.1 Å². The van der Waals surface area contributed by atoms with Crippen LogP contribution >= 0.6 is 0 Å². The summed E-state index contributed by atoms with van der Waals surface area (Å²) in [5, 5.41) is 0. The van der Waals surface area contributed by atoms with Gasteiger partial charge in [0.1, 0.15) is 0 Å². The summed E-state index contributed by atoms with van der Waals surface area (Å²) in [5.41, 5.74) is -2.48. The van der Waals surface area contributed by atoms with E-state index in [0.717, 1.165) is 0 Å². The summed E-state index contributed by atoms with van der Waals surface area (Å²) in [7, 11) is -4.21. The smallest absolute Gasteiger partial charge is 0.271 e. The summed E-state index contributed by atoms with van der Waals surface area (Å²) in [6.45, 7) is 0. The zero-order chi connectivity index (χ0) is 13.3. The van der Waals surface area contributed by atoms with Gasteiger partial charge in [0.2, 0.25) is 5.82 Å². The van der Waals surface area contributed by atoms with Crippen molar-refractivity contribution >= 4 is 10.0 Å². The molecular formula is C10H7FN2O4S. The van der Waals surface area contributed by atoms with E-state index in [-0.39, 0.29) is 8.87 Å². The van der Waals surface area contributed by atoms with Gasteiger partial charge in [0.05, 0.1) is 11.1 Å². The molecule has 0 unspecified atom stereocenters. The minimum Gasteiger partial charge on any atom is -0.271 e. The average molecular weight is 270 g/mol. The molecule has 1 aromatic heterocycles. The third-order valence-corrected chi connectivity index (χ3v) is 3.83. The standard InChI is InChI=1S/C10H7FN2O4S/c11-8-6-13(10(15)12-9(8)14)18(16,17)7-4-2-1-3-5-7/h1-6H,(H,12,14,15). The first-order chi connectivity index (χ1) is 8.43. The number of nitrogens with zero attached hydrogens (tertiary/aromatic N) is 1. The molecule has 0 aliphatic rings. The molecule has 2 aromatic rings. The molecule has 0 saturated carbocycles. The summed E-state index contributed by atoms with van der Waals surface area (Å²) in [6, 6.07) is 7.02. The summed E-state index contributed by atoms with van der Waals surface area (Å²) >= 11 is 0. The highest BCUT2D eigenvalue weighted by Crippen LogP contribution is 2.10. The average Bonchev–Trinajstić information content (AvgIpc) is 2.34. The fourth-order valence-corrected chi connectivity index (χ4v) is 2.54. The number of nitrogens with one attached hydrogen (secondary N) is 1. The van der Waals surface area contributed by atoms with Crippen molar-refractivity contribution in [2.75, 3.05) is 0 Å². The molecule has 0 saturated heterocycles. The van der Waals surface area contributed by atoms with Crippen molar-refractivity contribution in [3.63, 3.8) is 0 Å². The van der Waals surface area contributed by atoms with Crippen molar-refractivity contribution in [1.29, 1.82) is 0 Å². The van der Waals surface area contributed by atoms with Crippen molar-refractivity contribution in [2.24, 2.45) is 0 Å². The van der Waals surface area contributed by atoms with Gasteiger partial charge in [-0.1, -0.05) is 18.2 Å². The monoisotopic (exact) mass is 270 g/mol. The fraction of sp³-hybridized carbons (Fsp3) is 0. The molecule has 6 nitrogen and oxygen atoms in total. The highest BCUT2D eigenvalue weighted by molar-refractivity contribution is 7.90. The lowest BCUT2D eigenvalue weighted by atomic mass is 10.4. The minimum absolute atomic E-state index is 0.152. The summed E-state index contributed by atoms with van der Waals surface area (Å²) in [5.74, 6) is -1.35. The Hall–Kier alpha value is -2.22. The van der Waals surface area contributed by atoms with E-state index in [1.54, 1.807) is 11.1 Å². The van der Waals surface area contributed by atoms with Gasteiger partial charge < -0.3 is 0 Å². The molecule has 2 rings (SSSR count). The molecule has 0 atom stereocenters. The van der Waals surface area contributed by atoms with Crippen LogP contribution in [-0.2, 0) is 10.0 Å². The Balaban J connectivity index is 2.74. The Morgan fingerprint density at radius 1 is 1.11 bits per heavy atom. The van der Waals surface area contributed by atoms with Crippen LogP contribution in [0.2, 0.25) is 0 Å². The summed E-state index contributed by atoms with van der Waals surface area (Å²) in [6.07, 6.45) is 0.351. The number of aromatic amines is 1. The molecule has 0 fully saturated rings. The van der Waals surface area contributed by atoms with Crippen LogP contribution in [0.5, 0.6) is 0 Å². The van der Waals surface area contributed by atoms with Crippen LogP contribution in [0.4, 0.5) is 4.39 Å². The number of hydrogen-bond donors (Lipinski definition) is 1. The minimum atomic E-state index is -4.21. The van der Waals surface area contributed by atoms with Gasteiger partial charge in [-0.2, -0.15) is 8.36 Å². The zero-order valence-corrected chi connectivity index (χ0v) is 9.65. The molecule has 18 heavy (non-hydrogen) atoms. The second-order valence-electron chi connectivity index (χ2n) is 3.35. The SMILES string of the molecule is O=c1[nH]c(=O)n(S(=O)(=O)c2ccccc2)cc1F. The van der Waals surface area contributed by atoms with Gasteiger partial charge in [-0.25, -0.2) is 13.2 Å². The van der Waals surface area contributed by atoms with Gasteiger partial charge >= 0.3 is 5.69 Å². The zero-order valence-electron chi connectivity index (χ0n) is 8.83. The van der Waals surface area contributed by atoms with E-state index in [0.29, 0.717) is 6.20 Å². The van der Waals surface area contributed by atoms with Gasteiger partial charge in [-0.3, -0.25) is 9.78 Å². The fourth-order valence-electron chi connectivity index (χ4n) is 1.32. The van der Waals surface area contributed by atoms with E-state index < -0.39 is 27.1 Å². The van der Waals surface area contributed by atoms with E-state index in [1.165, 1.54) is 24.3 Å². The van der Waals surface area contributed by atoms with Crippen LogP contribution in [-0.4, -0.2) is 17.4 Å². The van der Waals surface area contributed by atoms with E-state index in [9.17, 15) is 22.4 Å². The van der Waals surface area contributed by atoms with Crippen LogP contribution in [0.3, 0.4) is 0 Å². The van der Waals surface area contributed by atoms with Crippen molar-refractivity contribution in [2.45, 2.75) is 4.90 Å². The second kappa shape index (κ2) is 4.22. The number of hydrogen-bond acceptors (Lipinski definition) is 4. The van der Waals surface area contributed by atoms with Gasteiger partial charge in [0.15, 0.2) is 0 Å². The van der Waals surface area contributed by atoms with Crippen LogP contribution in [0, 0.1) is 5.82 Å². The topological polar surface area (TPSA) is 89.0 Å². The molecule has 1 N–H and O–H groups in total. The lowest BCUT2D eigenvalue weighted by Crippen LogP contribution is -2.35. The number of benzene rings is 1. The first-order valence-electron chi connectivity index (χ1n) is 4.75. The maximum atomic E-state index is 13.0. The number of rotatable bonds is 2. The number of halogens is 1. The molecule has 0 aliphatic carbocycles. The van der Waals surface area contributed by atoms with Crippen molar-refractivity contribution in [3.8, 4) is 0 Å². The Morgan fingerprint density at radius 2 is 1.72 bits per heavy atom. The lowest BCUT2D eigenvalue weighted by molar-refractivity contribution is 0.564. The molecule has 1 heterocycles. The Bertz CT molecular complexity index is 793. The molecule has 1 aromatic carbocycles. The third kappa shape index (κ3) is 1.97. The van der Waals surface area contributed by atoms with E-state index in [1.807, 2.05) is 0 Å². The normalized spacial score (nSPS) is 11.4. The summed E-state index contributed by atoms with van der Waals surface area (Å²) < 4.78 is 37.2. The molecule has 0 bridgehead atoms. The predicted octanol–water partition coefficient (Wildman–Crippen LogP) is -0.0873. The lowest BCUT2D eigenvalue weighted by Gasteiger charge is -2.06. The van der Waals surface area contributed by atoms with Crippen LogP contribution < -0.4 is 11.2 Å². The Kier molecular flexibility index (Phi) is 2.87. The summed E-state index contributed by atoms with van der Waals surface area (Å²) in [4.78, 5) is 23.6. The van der Waals surface area contributed by atoms with Gasteiger partial charge in [0, 0.05) is 0 Å². The Morgan fingerprint density at radius 3 is 2.33 bits per heavy atom. The van der Waals surface area contributed by atoms with Crippen molar-refractivity contribution in [3.05, 3.63) is 63.2 Å². The quantitative estimate of drug-likeness (QED) is 0.826. The highest BCUT2D eigenvalue weighted by atomic mass is 32.2. The first kappa shape index (κ1) is 12.2. The second-order valence-corrected chi connectivity index (χ2v) is 5.17. The molecule has 94 valence electrons. The molecule has 0 radical (unpaired) electrons. The van der Waals surface area contributed by atoms with E-state index >= 15 is 0 Å². The molecule has 0 aliphatic heterocycles. The largest absolute Gasteiger partial charge is 0.342 e. The highest BCUT2D eigenvalue weighted by Gasteiger charge is 2.19.